The topological polar surface area (TPSA) is 65.5 Å². The Morgan fingerprint density at radius 3 is 2.45 bits per heavy atom. The van der Waals surface area contributed by atoms with Gasteiger partial charge in [0, 0.05) is 30.2 Å². The fourth-order valence-corrected chi connectivity index (χ4v) is 4.28. The van der Waals surface area contributed by atoms with Crippen LogP contribution in [0.4, 0.5) is 0 Å². The normalized spacial score (nSPS) is 11.2. The van der Waals surface area contributed by atoms with E-state index in [1.807, 2.05) is 49.3 Å². The van der Waals surface area contributed by atoms with Crippen molar-refractivity contribution in [1.82, 2.24) is 15.2 Å². The van der Waals surface area contributed by atoms with Gasteiger partial charge in [-0.2, -0.15) is 0 Å². The van der Waals surface area contributed by atoms with Crippen LogP contribution in [0.5, 0.6) is 5.75 Å². The Hall–Kier alpha value is -3.12. The second-order valence-electron chi connectivity index (χ2n) is 7.96. The van der Waals surface area contributed by atoms with Crippen LogP contribution >= 0.6 is 23.2 Å². The first-order valence-electron chi connectivity index (χ1n) is 10.4. The Morgan fingerprint density at radius 1 is 1.00 bits per heavy atom. The van der Waals surface area contributed by atoms with Crippen LogP contribution in [0.25, 0.3) is 33.2 Å². The number of hydrogen-bond acceptors (Lipinski definition) is 4. The molecular weight excluding hydrogens is 457 g/mol. The largest absolute Gasteiger partial charge is 0.508 e. The molecule has 4 aromatic rings. The van der Waals surface area contributed by atoms with Crippen LogP contribution in [0, 0.1) is 0 Å². The predicted octanol–water partition coefficient (Wildman–Crippen LogP) is 5.87. The average Bonchev–Trinajstić information content (AvgIpc) is 2.81. The van der Waals surface area contributed by atoms with Gasteiger partial charge in [0.2, 0.25) is 0 Å². The number of phenols is 1. The van der Waals surface area contributed by atoms with Crippen molar-refractivity contribution in [3.63, 3.8) is 0 Å². The number of amides is 1. The first-order chi connectivity index (χ1) is 15.9. The van der Waals surface area contributed by atoms with E-state index >= 15 is 0 Å². The smallest absolute Gasteiger partial charge is 0.252 e. The molecule has 168 valence electrons. The van der Waals surface area contributed by atoms with Gasteiger partial charge in [-0.3, -0.25) is 9.78 Å². The van der Waals surface area contributed by atoms with Crippen molar-refractivity contribution in [3.05, 3.63) is 82.5 Å². The molecule has 0 aliphatic carbocycles. The van der Waals surface area contributed by atoms with Gasteiger partial charge in [-0.05, 0) is 61.1 Å². The number of carbonyl (C=O) groups excluding carboxylic acids is 1. The Balaban J connectivity index is 1.94. The SMILES string of the molecule is CN(C)CCNC(=O)c1cc(-c2ccnc3ccccc23)c(-c2ccc(O)cc2)c(Cl)c1Cl. The predicted molar refractivity (Wildman–Crippen MR) is 135 cm³/mol. The number of nitrogens with zero attached hydrogens (tertiary/aromatic N) is 2. The number of aromatic nitrogens is 1. The van der Waals surface area contributed by atoms with Gasteiger partial charge >= 0.3 is 0 Å². The number of hydrogen-bond donors (Lipinski definition) is 2. The summed E-state index contributed by atoms with van der Waals surface area (Å²) in [6, 6.07) is 18.2. The molecule has 0 radical (unpaired) electrons. The maximum atomic E-state index is 13.0. The highest BCUT2D eigenvalue weighted by Crippen LogP contribution is 2.45. The van der Waals surface area contributed by atoms with E-state index in [1.165, 1.54) is 0 Å². The maximum Gasteiger partial charge on any atom is 0.252 e. The molecule has 0 aliphatic heterocycles. The van der Waals surface area contributed by atoms with Crippen LogP contribution in [-0.2, 0) is 0 Å². The van der Waals surface area contributed by atoms with Crippen LogP contribution in [0.15, 0.2) is 66.9 Å². The van der Waals surface area contributed by atoms with Crippen molar-refractivity contribution in [3.8, 4) is 28.0 Å². The average molecular weight is 480 g/mol. The molecule has 0 fully saturated rings. The number of fused-ring (bicyclic) bond motifs is 1. The summed E-state index contributed by atoms with van der Waals surface area (Å²) in [7, 11) is 3.88. The second kappa shape index (κ2) is 9.79. The quantitative estimate of drug-likeness (QED) is 0.362. The van der Waals surface area contributed by atoms with Gasteiger partial charge in [0.25, 0.3) is 5.91 Å². The Kier molecular flexibility index (Phi) is 6.84. The summed E-state index contributed by atoms with van der Waals surface area (Å²) >= 11 is 13.4. The zero-order chi connectivity index (χ0) is 23.5. The Morgan fingerprint density at radius 2 is 1.73 bits per heavy atom. The van der Waals surface area contributed by atoms with Gasteiger partial charge in [0.05, 0.1) is 21.1 Å². The number of rotatable bonds is 6. The van der Waals surface area contributed by atoms with Gasteiger partial charge in [0.1, 0.15) is 5.75 Å². The van der Waals surface area contributed by atoms with Crippen molar-refractivity contribution < 1.29 is 9.90 Å². The number of benzene rings is 3. The summed E-state index contributed by atoms with van der Waals surface area (Å²) in [5, 5.41) is 14.1. The first kappa shape index (κ1) is 23.1. The minimum atomic E-state index is -0.291. The molecule has 0 aliphatic rings. The van der Waals surface area contributed by atoms with Crippen molar-refractivity contribution >= 4 is 40.0 Å². The summed E-state index contributed by atoms with van der Waals surface area (Å²) in [6.07, 6.45) is 1.73. The zero-order valence-corrected chi connectivity index (χ0v) is 19.8. The van der Waals surface area contributed by atoms with Crippen molar-refractivity contribution in [2.24, 2.45) is 0 Å². The van der Waals surface area contributed by atoms with E-state index in [2.05, 4.69) is 10.3 Å². The number of phenolic OH excluding ortho intramolecular Hbond substituents is 1. The molecule has 0 bridgehead atoms. The summed E-state index contributed by atoms with van der Waals surface area (Å²) in [5.74, 6) is -0.144. The summed E-state index contributed by atoms with van der Waals surface area (Å²) < 4.78 is 0. The number of carbonyl (C=O) groups is 1. The molecule has 0 atom stereocenters. The van der Waals surface area contributed by atoms with E-state index < -0.39 is 0 Å². The van der Waals surface area contributed by atoms with Crippen LogP contribution in [0.3, 0.4) is 0 Å². The zero-order valence-electron chi connectivity index (χ0n) is 18.3. The van der Waals surface area contributed by atoms with Crippen molar-refractivity contribution in [2.75, 3.05) is 27.2 Å². The molecule has 1 heterocycles. The lowest BCUT2D eigenvalue weighted by atomic mass is 9.90. The Bertz CT molecular complexity index is 1320. The molecule has 7 heteroatoms. The highest BCUT2D eigenvalue weighted by Gasteiger charge is 2.23. The molecule has 0 saturated carbocycles. The number of pyridine rings is 1. The fourth-order valence-electron chi connectivity index (χ4n) is 3.73. The summed E-state index contributed by atoms with van der Waals surface area (Å²) in [5.41, 5.74) is 4.22. The molecule has 4 rings (SSSR count). The van der Waals surface area contributed by atoms with Crippen molar-refractivity contribution in [2.45, 2.75) is 0 Å². The summed E-state index contributed by atoms with van der Waals surface area (Å²) in [4.78, 5) is 19.5. The lowest BCUT2D eigenvalue weighted by molar-refractivity contribution is 0.0951. The number of aromatic hydroxyl groups is 1. The molecular formula is C26H23Cl2N3O2. The van der Waals surface area contributed by atoms with Crippen LogP contribution < -0.4 is 5.32 Å². The maximum absolute atomic E-state index is 13.0. The molecule has 3 aromatic carbocycles. The minimum absolute atomic E-state index is 0.147. The molecule has 2 N–H and O–H groups in total. The van der Waals surface area contributed by atoms with Gasteiger partial charge in [-0.25, -0.2) is 0 Å². The van der Waals surface area contributed by atoms with Gasteiger partial charge in [-0.1, -0.05) is 53.5 Å². The number of para-hydroxylation sites is 1. The van der Waals surface area contributed by atoms with Crippen LogP contribution in [-0.4, -0.2) is 48.1 Å². The highest BCUT2D eigenvalue weighted by molar-refractivity contribution is 6.46. The van der Waals surface area contributed by atoms with Crippen molar-refractivity contribution in [1.29, 1.82) is 0 Å². The van der Waals surface area contributed by atoms with E-state index in [1.54, 1.807) is 36.5 Å². The first-order valence-corrected chi connectivity index (χ1v) is 11.2. The monoisotopic (exact) mass is 479 g/mol. The number of nitrogens with one attached hydrogen (secondary N) is 1. The second-order valence-corrected chi connectivity index (χ2v) is 8.71. The summed E-state index contributed by atoms with van der Waals surface area (Å²) in [6.45, 7) is 1.18. The highest BCUT2D eigenvalue weighted by atomic mass is 35.5. The molecule has 0 saturated heterocycles. The van der Waals surface area contributed by atoms with E-state index in [0.29, 0.717) is 24.2 Å². The molecule has 0 spiro atoms. The van der Waals surface area contributed by atoms with Crippen LogP contribution in [0.2, 0.25) is 10.0 Å². The third-order valence-electron chi connectivity index (χ3n) is 5.39. The molecule has 1 amide bonds. The molecule has 5 nitrogen and oxygen atoms in total. The third-order valence-corrected chi connectivity index (χ3v) is 6.26. The Labute approximate surface area is 202 Å². The third kappa shape index (κ3) is 4.81. The van der Waals surface area contributed by atoms with E-state index in [-0.39, 0.29) is 21.7 Å². The van der Waals surface area contributed by atoms with Gasteiger partial charge in [0.15, 0.2) is 0 Å². The van der Waals surface area contributed by atoms with E-state index in [0.717, 1.165) is 27.6 Å². The fraction of sp³-hybridized carbons (Fsp3) is 0.154. The van der Waals surface area contributed by atoms with Crippen LogP contribution in [0.1, 0.15) is 10.4 Å². The molecule has 33 heavy (non-hydrogen) atoms. The minimum Gasteiger partial charge on any atom is -0.508 e. The number of likely N-dealkylation sites (N-methyl/N-ethyl adjacent to an activating group) is 1. The number of halogens is 2. The van der Waals surface area contributed by atoms with Gasteiger partial charge < -0.3 is 15.3 Å². The molecule has 1 aromatic heterocycles. The molecule has 0 unspecified atom stereocenters. The van der Waals surface area contributed by atoms with Gasteiger partial charge in [-0.15, -0.1) is 0 Å². The van der Waals surface area contributed by atoms with E-state index in [4.69, 9.17) is 23.2 Å². The standard InChI is InChI=1S/C26H23Cl2N3O2/c1-31(2)14-13-30-26(33)21-15-20(18-11-12-29-22-6-4-3-5-19(18)22)23(25(28)24(21)27)16-7-9-17(32)10-8-16/h3-12,15,32H,13-14H2,1-2H3,(H,30,33). The lowest BCUT2D eigenvalue weighted by Gasteiger charge is -2.18. The van der Waals surface area contributed by atoms with E-state index in [9.17, 15) is 9.90 Å². The lowest BCUT2D eigenvalue weighted by Crippen LogP contribution is -2.31.